The molecule has 0 aliphatic carbocycles. The first kappa shape index (κ1) is 15.6. The second kappa shape index (κ2) is 6.16. The van der Waals surface area contributed by atoms with Gasteiger partial charge in [0, 0.05) is 6.54 Å². The zero-order valence-electron chi connectivity index (χ0n) is 11.2. The number of carboxylic acids is 1. The van der Waals surface area contributed by atoms with Gasteiger partial charge in [0.15, 0.2) is 5.03 Å². The first-order valence-electron chi connectivity index (χ1n) is 6.08. The van der Waals surface area contributed by atoms with E-state index in [1.54, 1.807) is 13.8 Å². The third-order valence-corrected chi connectivity index (χ3v) is 4.51. The highest BCUT2D eigenvalue weighted by molar-refractivity contribution is 7.89. The number of carbonyl (C=O) groups is 1. The van der Waals surface area contributed by atoms with Crippen LogP contribution < -0.4 is 4.72 Å². The summed E-state index contributed by atoms with van der Waals surface area (Å²) >= 11 is 0. The molecule has 0 unspecified atom stereocenters. The van der Waals surface area contributed by atoms with Crippen LogP contribution in [0.2, 0.25) is 0 Å². The Bertz CT molecular complexity index is 538. The monoisotopic (exact) mass is 289 g/mol. The maximum absolute atomic E-state index is 12.2. The number of aliphatic carboxylic acids is 1. The van der Waals surface area contributed by atoms with Crippen molar-refractivity contribution in [2.24, 2.45) is 5.92 Å². The lowest BCUT2D eigenvalue weighted by molar-refractivity contribution is -0.140. The molecular weight excluding hydrogens is 270 g/mol. The highest BCUT2D eigenvalue weighted by Crippen LogP contribution is 2.14. The molecule has 0 saturated carbocycles. The standard InChI is InChI=1S/C11H19N3O4S/c1-4-8(3)10(11(15)16)13-19(17,18)9-6-12-7-14(9)5-2/h6-8,10,13H,4-5H2,1-3H3,(H,15,16)/t8-,10-/m0/s1. The van der Waals surface area contributed by atoms with Gasteiger partial charge in [-0.2, -0.15) is 4.72 Å². The predicted molar refractivity (Wildman–Crippen MR) is 69.1 cm³/mol. The fraction of sp³-hybridized carbons (Fsp3) is 0.636. The van der Waals surface area contributed by atoms with E-state index >= 15 is 0 Å². The van der Waals surface area contributed by atoms with Crippen LogP contribution in [0.15, 0.2) is 17.6 Å². The van der Waals surface area contributed by atoms with Crippen molar-refractivity contribution in [3.05, 3.63) is 12.5 Å². The van der Waals surface area contributed by atoms with Gasteiger partial charge in [-0.05, 0) is 12.8 Å². The number of aryl methyl sites for hydroxylation is 1. The summed E-state index contributed by atoms with van der Waals surface area (Å²) in [6.07, 6.45) is 3.17. The molecule has 0 radical (unpaired) electrons. The molecule has 0 saturated heterocycles. The molecule has 0 spiro atoms. The fourth-order valence-electron chi connectivity index (χ4n) is 1.64. The summed E-state index contributed by atoms with van der Waals surface area (Å²) in [4.78, 5) is 14.9. The van der Waals surface area contributed by atoms with Crippen LogP contribution in [0.4, 0.5) is 0 Å². The van der Waals surface area contributed by atoms with Crippen molar-refractivity contribution in [1.82, 2.24) is 14.3 Å². The maximum Gasteiger partial charge on any atom is 0.322 e. The van der Waals surface area contributed by atoms with Crippen LogP contribution in [-0.2, 0) is 21.4 Å². The van der Waals surface area contributed by atoms with Gasteiger partial charge in [-0.1, -0.05) is 20.3 Å². The number of nitrogens with zero attached hydrogens (tertiary/aromatic N) is 2. The van der Waals surface area contributed by atoms with E-state index in [-0.39, 0.29) is 10.9 Å². The summed E-state index contributed by atoms with van der Waals surface area (Å²) in [6, 6.07) is -1.14. The number of sulfonamides is 1. The van der Waals surface area contributed by atoms with Crippen molar-refractivity contribution in [1.29, 1.82) is 0 Å². The van der Waals surface area contributed by atoms with Crippen LogP contribution in [0.3, 0.4) is 0 Å². The average Bonchev–Trinajstić information content (AvgIpc) is 2.83. The van der Waals surface area contributed by atoms with Crippen LogP contribution in [-0.4, -0.2) is 35.1 Å². The van der Waals surface area contributed by atoms with Crippen molar-refractivity contribution in [2.45, 2.75) is 44.8 Å². The van der Waals surface area contributed by atoms with E-state index in [4.69, 9.17) is 5.11 Å². The van der Waals surface area contributed by atoms with E-state index in [1.165, 1.54) is 17.1 Å². The predicted octanol–water partition coefficient (Wildman–Crippen LogP) is 0.681. The number of hydrogen-bond donors (Lipinski definition) is 2. The van der Waals surface area contributed by atoms with Crippen LogP contribution in [0.1, 0.15) is 27.2 Å². The number of nitrogens with one attached hydrogen (secondary N) is 1. The molecule has 1 aromatic rings. The molecule has 0 aliphatic heterocycles. The van der Waals surface area contributed by atoms with E-state index in [0.29, 0.717) is 13.0 Å². The van der Waals surface area contributed by atoms with Gasteiger partial charge in [-0.15, -0.1) is 0 Å². The fourth-order valence-corrected chi connectivity index (χ4v) is 3.12. The van der Waals surface area contributed by atoms with Crippen LogP contribution in [0.25, 0.3) is 0 Å². The first-order valence-corrected chi connectivity index (χ1v) is 7.57. The minimum absolute atomic E-state index is 0.0236. The summed E-state index contributed by atoms with van der Waals surface area (Å²) in [5.74, 6) is -1.48. The minimum atomic E-state index is -3.89. The van der Waals surface area contributed by atoms with E-state index in [0.717, 1.165) is 0 Å². The lowest BCUT2D eigenvalue weighted by Gasteiger charge is -2.20. The Morgan fingerprint density at radius 1 is 1.53 bits per heavy atom. The lowest BCUT2D eigenvalue weighted by atomic mass is 10.0. The Morgan fingerprint density at radius 2 is 2.16 bits per heavy atom. The third kappa shape index (κ3) is 3.54. The quantitative estimate of drug-likeness (QED) is 0.768. The first-order chi connectivity index (χ1) is 8.83. The number of aromatic nitrogens is 2. The van der Waals surface area contributed by atoms with Gasteiger partial charge in [0.1, 0.15) is 6.04 Å². The zero-order valence-corrected chi connectivity index (χ0v) is 12.0. The second-order valence-electron chi connectivity index (χ2n) is 4.34. The second-order valence-corrected chi connectivity index (χ2v) is 6.00. The molecule has 1 rings (SSSR count). The lowest BCUT2D eigenvalue weighted by Crippen LogP contribution is -2.45. The largest absolute Gasteiger partial charge is 0.480 e. The van der Waals surface area contributed by atoms with Crippen molar-refractivity contribution in [3.63, 3.8) is 0 Å². The SMILES string of the molecule is CC[C@H](C)[C@H](NS(=O)(=O)c1cncn1CC)C(=O)O. The summed E-state index contributed by atoms with van der Waals surface area (Å²) in [6.45, 7) is 5.73. The summed E-state index contributed by atoms with van der Waals surface area (Å²) in [5, 5.41) is 9.09. The summed E-state index contributed by atoms with van der Waals surface area (Å²) < 4.78 is 28.0. The van der Waals surface area contributed by atoms with Gasteiger partial charge >= 0.3 is 5.97 Å². The third-order valence-electron chi connectivity index (χ3n) is 3.05. The molecule has 0 aromatic carbocycles. The molecule has 0 fully saturated rings. The molecule has 0 amide bonds. The van der Waals surface area contributed by atoms with E-state index in [9.17, 15) is 13.2 Å². The van der Waals surface area contributed by atoms with Gasteiger partial charge in [0.05, 0.1) is 12.5 Å². The Labute approximate surface area is 112 Å². The molecule has 0 bridgehead atoms. The van der Waals surface area contributed by atoms with E-state index in [1.807, 2.05) is 6.92 Å². The van der Waals surface area contributed by atoms with Crippen LogP contribution >= 0.6 is 0 Å². The number of hydrogen-bond acceptors (Lipinski definition) is 4. The number of imidazole rings is 1. The van der Waals surface area contributed by atoms with Crippen molar-refractivity contribution in [3.8, 4) is 0 Å². The van der Waals surface area contributed by atoms with Crippen LogP contribution in [0, 0.1) is 5.92 Å². The van der Waals surface area contributed by atoms with Gasteiger partial charge in [0.2, 0.25) is 0 Å². The minimum Gasteiger partial charge on any atom is -0.480 e. The van der Waals surface area contributed by atoms with E-state index in [2.05, 4.69) is 9.71 Å². The normalized spacial score (nSPS) is 15.1. The Balaban J connectivity index is 3.04. The topological polar surface area (TPSA) is 101 Å². The molecule has 8 heteroatoms. The van der Waals surface area contributed by atoms with Crippen molar-refractivity contribution in [2.75, 3.05) is 0 Å². The molecule has 0 aliphatic rings. The molecule has 1 heterocycles. The molecule has 7 nitrogen and oxygen atoms in total. The Morgan fingerprint density at radius 3 is 2.63 bits per heavy atom. The average molecular weight is 289 g/mol. The zero-order chi connectivity index (χ0) is 14.6. The maximum atomic E-state index is 12.2. The molecule has 2 atom stereocenters. The van der Waals surface area contributed by atoms with Gasteiger partial charge < -0.3 is 9.67 Å². The molecule has 2 N–H and O–H groups in total. The number of rotatable bonds is 7. The van der Waals surface area contributed by atoms with Crippen molar-refractivity contribution < 1.29 is 18.3 Å². The molecule has 19 heavy (non-hydrogen) atoms. The Hall–Kier alpha value is -1.41. The summed E-state index contributed by atoms with van der Waals surface area (Å²) in [5.41, 5.74) is 0. The van der Waals surface area contributed by atoms with E-state index < -0.39 is 22.0 Å². The van der Waals surface area contributed by atoms with Gasteiger partial charge in [-0.3, -0.25) is 4.79 Å². The smallest absolute Gasteiger partial charge is 0.322 e. The van der Waals surface area contributed by atoms with Crippen molar-refractivity contribution >= 4 is 16.0 Å². The number of carboxylic acid groups (broad SMARTS) is 1. The molecule has 108 valence electrons. The highest BCUT2D eigenvalue weighted by atomic mass is 32.2. The Kier molecular flexibility index (Phi) is 5.07. The highest BCUT2D eigenvalue weighted by Gasteiger charge is 2.30. The molecule has 1 aromatic heterocycles. The molecular formula is C11H19N3O4S. The summed E-state index contributed by atoms with van der Waals surface area (Å²) in [7, 11) is -3.89. The van der Waals surface area contributed by atoms with Gasteiger partial charge in [0.25, 0.3) is 10.0 Å². The van der Waals surface area contributed by atoms with Crippen LogP contribution in [0.5, 0.6) is 0 Å². The van der Waals surface area contributed by atoms with Gasteiger partial charge in [-0.25, -0.2) is 13.4 Å².